The molecular weight excluding hydrogens is 356 g/mol. The van der Waals surface area contributed by atoms with Gasteiger partial charge in [-0.25, -0.2) is 0 Å². The van der Waals surface area contributed by atoms with Crippen molar-refractivity contribution in [3.8, 4) is 11.5 Å². The van der Waals surface area contributed by atoms with Crippen LogP contribution in [0.2, 0.25) is 0 Å². The molecule has 0 bridgehead atoms. The molecule has 0 spiro atoms. The highest BCUT2D eigenvalue weighted by Crippen LogP contribution is 2.34. The van der Waals surface area contributed by atoms with Gasteiger partial charge in [-0.3, -0.25) is 9.69 Å². The highest BCUT2D eigenvalue weighted by Gasteiger charge is 2.32. The van der Waals surface area contributed by atoms with E-state index in [4.69, 9.17) is 17.0 Å². The standard InChI is InChI=1S/C14H15BrN2O3S/c1-4-20-12-6-8(9(15)7-11(12)18)5-10-13(19)17(3)14(21)16(10)2/h5-7,18H,4H2,1-3H3/b10-5-. The van der Waals surface area contributed by atoms with Gasteiger partial charge in [-0.1, -0.05) is 15.9 Å². The predicted molar refractivity (Wildman–Crippen MR) is 88.1 cm³/mol. The first-order valence-electron chi connectivity index (χ1n) is 6.29. The molecule has 1 N–H and O–H groups in total. The van der Waals surface area contributed by atoms with Gasteiger partial charge in [-0.05, 0) is 42.9 Å². The quantitative estimate of drug-likeness (QED) is 0.654. The number of thiocarbonyl (C=S) groups is 1. The van der Waals surface area contributed by atoms with E-state index in [0.29, 0.717) is 27.6 Å². The van der Waals surface area contributed by atoms with Crippen LogP contribution in [0.15, 0.2) is 22.3 Å². The maximum atomic E-state index is 12.2. The summed E-state index contributed by atoms with van der Waals surface area (Å²) in [6.07, 6.45) is 1.71. The van der Waals surface area contributed by atoms with Gasteiger partial charge in [0.2, 0.25) is 0 Å². The van der Waals surface area contributed by atoms with Crippen LogP contribution < -0.4 is 4.74 Å². The Bertz CT molecular complexity index is 645. The lowest BCUT2D eigenvalue weighted by Gasteiger charge is -2.12. The molecule has 21 heavy (non-hydrogen) atoms. The van der Waals surface area contributed by atoms with Crippen LogP contribution in [-0.2, 0) is 4.79 Å². The lowest BCUT2D eigenvalue weighted by atomic mass is 10.1. The molecule has 0 unspecified atom stereocenters. The van der Waals surface area contributed by atoms with E-state index in [1.54, 1.807) is 37.2 Å². The van der Waals surface area contributed by atoms with E-state index >= 15 is 0 Å². The molecule has 1 aliphatic heterocycles. The average Bonchev–Trinajstić information content (AvgIpc) is 2.62. The fourth-order valence-electron chi connectivity index (χ4n) is 1.98. The van der Waals surface area contributed by atoms with Crippen LogP contribution in [0.25, 0.3) is 6.08 Å². The molecule has 0 saturated carbocycles. The monoisotopic (exact) mass is 370 g/mol. The molecule has 0 aromatic heterocycles. The van der Waals surface area contributed by atoms with Gasteiger partial charge in [0.05, 0.1) is 6.61 Å². The highest BCUT2D eigenvalue weighted by molar-refractivity contribution is 9.10. The third-order valence-corrected chi connectivity index (χ3v) is 4.36. The SMILES string of the molecule is CCOc1cc(/C=C2/C(=O)N(C)C(=S)N2C)c(Br)cc1O. The number of likely N-dealkylation sites (N-methyl/N-ethyl adjacent to an activating group) is 2. The Labute approximate surface area is 136 Å². The van der Waals surface area contributed by atoms with Gasteiger partial charge in [-0.2, -0.15) is 0 Å². The smallest absolute Gasteiger partial charge is 0.276 e. The van der Waals surface area contributed by atoms with Gasteiger partial charge in [0.25, 0.3) is 5.91 Å². The van der Waals surface area contributed by atoms with E-state index in [0.717, 1.165) is 5.56 Å². The van der Waals surface area contributed by atoms with Crippen LogP contribution in [-0.4, -0.2) is 46.6 Å². The fourth-order valence-corrected chi connectivity index (χ4v) is 2.60. The molecule has 1 heterocycles. The minimum atomic E-state index is -0.166. The molecule has 0 atom stereocenters. The van der Waals surface area contributed by atoms with Crippen molar-refractivity contribution in [2.24, 2.45) is 0 Å². The molecule has 7 heteroatoms. The van der Waals surface area contributed by atoms with Crippen molar-refractivity contribution in [1.29, 1.82) is 0 Å². The average molecular weight is 371 g/mol. The van der Waals surface area contributed by atoms with E-state index in [-0.39, 0.29) is 11.7 Å². The second-order valence-electron chi connectivity index (χ2n) is 4.51. The molecule has 5 nitrogen and oxygen atoms in total. The van der Waals surface area contributed by atoms with Crippen molar-refractivity contribution in [2.75, 3.05) is 20.7 Å². The summed E-state index contributed by atoms with van der Waals surface area (Å²) < 4.78 is 6.02. The largest absolute Gasteiger partial charge is 0.504 e. The molecule has 2 rings (SSSR count). The van der Waals surface area contributed by atoms with Crippen molar-refractivity contribution in [3.05, 3.63) is 27.9 Å². The Morgan fingerprint density at radius 1 is 1.38 bits per heavy atom. The normalized spacial score (nSPS) is 17.0. The topological polar surface area (TPSA) is 53.0 Å². The summed E-state index contributed by atoms with van der Waals surface area (Å²) in [4.78, 5) is 15.2. The Morgan fingerprint density at radius 2 is 2.05 bits per heavy atom. The Kier molecular flexibility index (Phi) is 4.53. The summed E-state index contributed by atoms with van der Waals surface area (Å²) in [5.74, 6) is 0.252. The van der Waals surface area contributed by atoms with Crippen LogP contribution in [0, 0.1) is 0 Å². The Balaban J connectivity index is 2.48. The number of amides is 1. The predicted octanol–water partition coefficient (Wildman–Crippen LogP) is 2.58. The lowest BCUT2D eigenvalue weighted by molar-refractivity contribution is -0.121. The number of phenolic OH excluding ortho intramolecular Hbond substituents is 1. The van der Waals surface area contributed by atoms with E-state index in [1.165, 1.54) is 4.90 Å². The van der Waals surface area contributed by atoms with Gasteiger partial charge < -0.3 is 14.7 Å². The second kappa shape index (κ2) is 6.03. The molecule has 0 radical (unpaired) electrons. The summed E-state index contributed by atoms with van der Waals surface area (Å²) in [6, 6.07) is 3.22. The van der Waals surface area contributed by atoms with Crippen LogP contribution in [0.1, 0.15) is 12.5 Å². The number of nitrogens with zero attached hydrogens (tertiary/aromatic N) is 2. The van der Waals surface area contributed by atoms with E-state index in [2.05, 4.69) is 15.9 Å². The molecule has 0 aliphatic carbocycles. The minimum absolute atomic E-state index is 0.0459. The number of hydrogen-bond acceptors (Lipinski definition) is 4. The summed E-state index contributed by atoms with van der Waals surface area (Å²) in [5.41, 5.74) is 1.20. The van der Waals surface area contributed by atoms with Crippen molar-refractivity contribution >= 4 is 45.2 Å². The van der Waals surface area contributed by atoms with Gasteiger partial charge in [0.15, 0.2) is 16.6 Å². The van der Waals surface area contributed by atoms with Gasteiger partial charge in [0, 0.05) is 18.6 Å². The molecule has 1 aromatic rings. The zero-order valence-corrected chi connectivity index (χ0v) is 14.3. The number of carbonyl (C=O) groups is 1. The number of hydrogen-bond donors (Lipinski definition) is 1. The highest BCUT2D eigenvalue weighted by atomic mass is 79.9. The second-order valence-corrected chi connectivity index (χ2v) is 5.73. The zero-order chi connectivity index (χ0) is 15.7. The zero-order valence-electron chi connectivity index (χ0n) is 11.9. The first-order valence-corrected chi connectivity index (χ1v) is 7.49. The number of rotatable bonds is 3. The summed E-state index contributed by atoms with van der Waals surface area (Å²) in [6.45, 7) is 2.28. The molecule has 112 valence electrons. The van der Waals surface area contributed by atoms with Crippen molar-refractivity contribution in [3.63, 3.8) is 0 Å². The number of phenols is 1. The molecule has 1 aliphatic rings. The van der Waals surface area contributed by atoms with Crippen molar-refractivity contribution < 1.29 is 14.6 Å². The molecular formula is C14H15BrN2O3S. The van der Waals surface area contributed by atoms with E-state index in [9.17, 15) is 9.90 Å². The Hall–Kier alpha value is -1.60. The first kappa shape index (κ1) is 15.8. The summed E-state index contributed by atoms with van der Waals surface area (Å²) in [7, 11) is 3.38. The van der Waals surface area contributed by atoms with Crippen molar-refractivity contribution in [2.45, 2.75) is 6.92 Å². The van der Waals surface area contributed by atoms with Gasteiger partial charge in [0.1, 0.15) is 5.70 Å². The number of carbonyl (C=O) groups excluding carboxylic acids is 1. The van der Waals surface area contributed by atoms with E-state index in [1.807, 2.05) is 6.92 Å². The first-order chi connectivity index (χ1) is 9.86. The van der Waals surface area contributed by atoms with E-state index < -0.39 is 0 Å². The van der Waals surface area contributed by atoms with Crippen LogP contribution >= 0.6 is 28.1 Å². The molecule has 1 amide bonds. The Morgan fingerprint density at radius 3 is 2.57 bits per heavy atom. The maximum absolute atomic E-state index is 12.2. The fraction of sp³-hybridized carbons (Fsp3) is 0.286. The van der Waals surface area contributed by atoms with Gasteiger partial charge >= 0.3 is 0 Å². The number of aromatic hydroxyl groups is 1. The molecule has 1 fully saturated rings. The minimum Gasteiger partial charge on any atom is -0.504 e. The number of benzene rings is 1. The lowest BCUT2D eigenvalue weighted by Crippen LogP contribution is -2.26. The van der Waals surface area contributed by atoms with Gasteiger partial charge in [-0.15, -0.1) is 0 Å². The molecule has 1 aromatic carbocycles. The van der Waals surface area contributed by atoms with Crippen LogP contribution in [0.3, 0.4) is 0 Å². The maximum Gasteiger partial charge on any atom is 0.276 e. The number of halogens is 1. The summed E-state index contributed by atoms with van der Waals surface area (Å²) in [5, 5.41) is 10.3. The third-order valence-electron chi connectivity index (χ3n) is 3.13. The summed E-state index contributed by atoms with van der Waals surface area (Å²) >= 11 is 8.54. The molecule has 1 saturated heterocycles. The van der Waals surface area contributed by atoms with Crippen LogP contribution in [0.4, 0.5) is 0 Å². The van der Waals surface area contributed by atoms with Crippen LogP contribution in [0.5, 0.6) is 11.5 Å². The van der Waals surface area contributed by atoms with Crippen molar-refractivity contribution in [1.82, 2.24) is 9.80 Å². The third kappa shape index (κ3) is 2.89. The number of ether oxygens (including phenoxy) is 1.